The number of nitrogens with one attached hydrogen (secondary N) is 1. The summed E-state index contributed by atoms with van der Waals surface area (Å²) in [7, 11) is 0. The Morgan fingerprint density at radius 1 is 1.14 bits per heavy atom. The van der Waals surface area contributed by atoms with E-state index >= 15 is 0 Å². The van der Waals surface area contributed by atoms with Gasteiger partial charge in [-0.15, -0.1) is 0 Å². The number of aliphatic hydroxyl groups excluding tert-OH is 1. The first-order chi connectivity index (χ1) is 16.7. The molecule has 0 bridgehead atoms. The quantitative estimate of drug-likeness (QED) is 0.582. The first-order valence-corrected chi connectivity index (χ1v) is 11.8. The van der Waals surface area contributed by atoms with Gasteiger partial charge in [0.2, 0.25) is 5.88 Å². The molecular weight excluding hydrogens is 463 g/mol. The summed E-state index contributed by atoms with van der Waals surface area (Å²) in [6.07, 6.45) is -2.20. The fraction of sp³-hybridized carbons (Fsp3) is 0.542. The van der Waals surface area contributed by atoms with E-state index in [9.17, 15) is 23.1 Å². The van der Waals surface area contributed by atoms with Crippen molar-refractivity contribution >= 4 is 5.91 Å². The molecule has 1 saturated heterocycles. The van der Waals surface area contributed by atoms with Crippen molar-refractivity contribution in [1.82, 2.24) is 25.1 Å². The SMILES string of the molecule is O=C(NC[C@H](O)CN1CCc2ccccc2C1)c1cc(OC2CCN(CC(F)(F)F)CC2)ncn1. The predicted molar refractivity (Wildman–Crippen MR) is 122 cm³/mol. The molecule has 0 radical (unpaired) electrons. The number of aliphatic hydroxyl groups is 1. The van der Waals surface area contributed by atoms with E-state index in [0.717, 1.165) is 19.5 Å². The minimum atomic E-state index is -4.21. The number of hydrogen-bond acceptors (Lipinski definition) is 7. The molecule has 11 heteroatoms. The highest BCUT2D eigenvalue weighted by Crippen LogP contribution is 2.22. The van der Waals surface area contributed by atoms with E-state index in [1.165, 1.54) is 28.4 Å². The Bertz CT molecular complexity index is 998. The number of aromatic nitrogens is 2. The third kappa shape index (κ3) is 7.61. The Balaban J connectivity index is 1.21. The largest absolute Gasteiger partial charge is 0.474 e. The maximum absolute atomic E-state index is 12.5. The predicted octanol–water partition coefficient (Wildman–Crippen LogP) is 2.03. The molecule has 1 aromatic heterocycles. The molecule has 3 heterocycles. The van der Waals surface area contributed by atoms with Gasteiger partial charge in [0.1, 0.15) is 18.1 Å². The van der Waals surface area contributed by atoms with Crippen LogP contribution in [0, 0.1) is 0 Å². The zero-order valence-electron chi connectivity index (χ0n) is 19.4. The van der Waals surface area contributed by atoms with Crippen molar-refractivity contribution in [2.45, 2.75) is 44.2 Å². The molecule has 4 rings (SSSR count). The van der Waals surface area contributed by atoms with Crippen molar-refractivity contribution in [2.24, 2.45) is 0 Å². The summed E-state index contributed by atoms with van der Waals surface area (Å²) in [4.78, 5) is 24.0. The molecule has 1 amide bonds. The lowest BCUT2D eigenvalue weighted by Crippen LogP contribution is -2.43. The molecule has 1 aromatic carbocycles. The van der Waals surface area contributed by atoms with Crippen LogP contribution in [0.15, 0.2) is 36.7 Å². The number of β-amino-alcohol motifs (C(OH)–C–C–N with tert-alkyl or cyclic N) is 1. The number of fused-ring (bicyclic) bond motifs is 1. The van der Waals surface area contributed by atoms with E-state index in [-0.39, 0.29) is 37.3 Å². The Kier molecular flexibility index (Phi) is 8.19. The molecule has 0 spiro atoms. The van der Waals surface area contributed by atoms with Gasteiger partial charge in [0.25, 0.3) is 5.91 Å². The second-order valence-electron chi connectivity index (χ2n) is 9.07. The molecule has 2 aromatic rings. The Hall–Kier alpha value is -2.76. The van der Waals surface area contributed by atoms with Gasteiger partial charge in [0.15, 0.2) is 0 Å². The van der Waals surface area contributed by atoms with Gasteiger partial charge in [-0.3, -0.25) is 14.6 Å². The summed E-state index contributed by atoms with van der Waals surface area (Å²) < 4.78 is 43.4. The van der Waals surface area contributed by atoms with Crippen LogP contribution in [0.25, 0.3) is 0 Å². The fourth-order valence-corrected chi connectivity index (χ4v) is 4.51. The third-order valence-electron chi connectivity index (χ3n) is 6.28. The van der Waals surface area contributed by atoms with Gasteiger partial charge >= 0.3 is 6.18 Å². The average molecular weight is 494 g/mol. The lowest BCUT2D eigenvalue weighted by Gasteiger charge is -2.32. The van der Waals surface area contributed by atoms with Gasteiger partial charge in [-0.1, -0.05) is 24.3 Å². The molecule has 2 N–H and O–H groups in total. The molecule has 1 atom stereocenters. The van der Waals surface area contributed by atoms with Crippen molar-refractivity contribution in [2.75, 3.05) is 39.3 Å². The van der Waals surface area contributed by atoms with Gasteiger partial charge in [0, 0.05) is 45.3 Å². The van der Waals surface area contributed by atoms with Gasteiger partial charge in [-0.2, -0.15) is 13.2 Å². The fourth-order valence-electron chi connectivity index (χ4n) is 4.51. The highest BCUT2D eigenvalue weighted by atomic mass is 19.4. The minimum Gasteiger partial charge on any atom is -0.474 e. The van der Waals surface area contributed by atoms with Gasteiger partial charge < -0.3 is 15.2 Å². The van der Waals surface area contributed by atoms with E-state index in [1.807, 2.05) is 12.1 Å². The van der Waals surface area contributed by atoms with E-state index in [4.69, 9.17) is 4.74 Å². The molecule has 2 aliphatic rings. The van der Waals surface area contributed by atoms with E-state index in [2.05, 4.69) is 32.3 Å². The standard InChI is InChI=1S/C24H30F3N5O3/c25-24(26,27)15-31-9-6-20(7-10-31)35-22-11-21(29-16-30-22)23(34)28-12-19(33)14-32-8-5-17-3-1-2-4-18(17)13-32/h1-4,11,16,19-20,33H,5-10,12-15H2,(H,28,34)/t19-/m0/s1. The average Bonchev–Trinajstić information content (AvgIpc) is 2.83. The van der Waals surface area contributed by atoms with Crippen LogP contribution < -0.4 is 10.1 Å². The summed E-state index contributed by atoms with van der Waals surface area (Å²) in [5.41, 5.74) is 2.69. The van der Waals surface area contributed by atoms with E-state index in [0.29, 0.717) is 19.4 Å². The Labute approximate surface area is 202 Å². The number of alkyl halides is 3. The number of hydrogen-bond donors (Lipinski definition) is 2. The van der Waals surface area contributed by atoms with Crippen LogP contribution in [0.1, 0.15) is 34.5 Å². The van der Waals surface area contributed by atoms with Gasteiger partial charge in [-0.25, -0.2) is 9.97 Å². The molecule has 190 valence electrons. The van der Waals surface area contributed by atoms with Crippen LogP contribution in [0.5, 0.6) is 5.88 Å². The molecule has 1 fully saturated rings. The number of rotatable bonds is 8. The lowest BCUT2D eigenvalue weighted by molar-refractivity contribution is -0.149. The highest BCUT2D eigenvalue weighted by Gasteiger charge is 2.33. The second-order valence-corrected chi connectivity index (χ2v) is 9.07. The van der Waals surface area contributed by atoms with Crippen molar-refractivity contribution in [3.05, 3.63) is 53.5 Å². The van der Waals surface area contributed by atoms with Crippen molar-refractivity contribution in [3.8, 4) is 5.88 Å². The van der Waals surface area contributed by atoms with Crippen LogP contribution in [-0.2, 0) is 13.0 Å². The number of piperidine rings is 1. The highest BCUT2D eigenvalue weighted by molar-refractivity contribution is 5.92. The lowest BCUT2D eigenvalue weighted by atomic mass is 10.00. The van der Waals surface area contributed by atoms with Crippen molar-refractivity contribution in [1.29, 1.82) is 0 Å². The topological polar surface area (TPSA) is 90.8 Å². The Morgan fingerprint density at radius 2 is 1.89 bits per heavy atom. The summed E-state index contributed by atoms with van der Waals surface area (Å²) in [6.45, 7) is 1.78. The first kappa shape index (κ1) is 25.3. The second kappa shape index (κ2) is 11.3. The van der Waals surface area contributed by atoms with Crippen molar-refractivity contribution in [3.63, 3.8) is 0 Å². The molecule has 0 aliphatic carbocycles. The number of benzene rings is 1. The zero-order chi connectivity index (χ0) is 24.8. The summed E-state index contributed by atoms with van der Waals surface area (Å²) in [5.74, 6) is -0.257. The summed E-state index contributed by atoms with van der Waals surface area (Å²) >= 11 is 0. The molecule has 2 aliphatic heterocycles. The third-order valence-corrected chi connectivity index (χ3v) is 6.28. The van der Waals surface area contributed by atoms with Crippen LogP contribution in [0.4, 0.5) is 13.2 Å². The number of likely N-dealkylation sites (tertiary alicyclic amines) is 1. The van der Waals surface area contributed by atoms with Crippen LogP contribution in [-0.4, -0.2) is 88.4 Å². The van der Waals surface area contributed by atoms with E-state index < -0.39 is 24.7 Å². The van der Waals surface area contributed by atoms with Crippen LogP contribution in [0.2, 0.25) is 0 Å². The number of amides is 1. The number of nitrogens with zero attached hydrogens (tertiary/aromatic N) is 4. The summed E-state index contributed by atoms with van der Waals surface area (Å²) in [5, 5.41) is 13.1. The molecule has 35 heavy (non-hydrogen) atoms. The number of carbonyl (C=O) groups excluding carboxylic acids is 1. The van der Waals surface area contributed by atoms with Crippen LogP contribution in [0.3, 0.4) is 0 Å². The molecular formula is C24H30F3N5O3. The van der Waals surface area contributed by atoms with Crippen LogP contribution >= 0.6 is 0 Å². The van der Waals surface area contributed by atoms with Crippen molar-refractivity contribution < 1.29 is 27.8 Å². The normalized spacial score (nSPS) is 18.6. The Morgan fingerprint density at radius 3 is 2.63 bits per heavy atom. The summed E-state index contributed by atoms with van der Waals surface area (Å²) in [6, 6.07) is 9.67. The van der Waals surface area contributed by atoms with E-state index in [1.54, 1.807) is 0 Å². The maximum atomic E-state index is 12.5. The minimum absolute atomic E-state index is 0.0782. The van der Waals surface area contributed by atoms with Gasteiger partial charge in [0.05, 0.1) is 12.6 Å². The maximum Gasteiger partial charge on any atom is 0.401 e. The van der Waals surface area contributed by atoms with Gasteiger partial charge in [-0.05, 0) is 30.4 Å². The molecule has 0 saturated carbocycles. The first-order valence-electron chi connectivity index (χ1n) is 11.8. The molecule has 0 unspecified atom stereocenters. The smallest absolute Gasteiger partial charge is 0.401 e. The zero-order valence-corrected chi connectivity index (χ0v) is 19.4. The molecule has 8 nitrogen and oxygen atoms in total. The number of halogens is 3. The monoisotopic (exact) mass is 493 g/mol. The number of ether oxygens (including phenoxy) is 1. The number of carbonyl (C=O) groups is 1.